The number of carbonyl (C=O) groups excluding carboxylic acids is 2. The van der Waals surface area contributed by atoms with Crippen molar-refractivity contribution >= 4 is 11.9 Å². The van der Waals surface area contributed by atoms with Crippen LogP contribution in [0.4, 0.5) is 0 Å². The molecule has 1 aliphatic rings. The molecule has 2 atom stereocenters. The molecular formula is C41H42O8. The minimum Gasteiger partial charge on any atom is -0.491 e. The number of hydrogen-bond acceptors (Lipinski definition) is 8. The van der Waals surface area contributed by atoms with E-state index in [4.69, 9.17) is 28.4 Å². The third-order valence-electron chi connectivity index (χ3n) is 8.19. The molecule has 8 nitrogen and oxygen atoms in total. The van der Waals surface area contributed by atoms with Crippen LogP contribution in [0.5, 0.6) is 11.5 Å². The molecule has 5 rings (SSSR count). The van der Waals surface area contributed by atoms with Crippen molar-refractivity contribution < 1.29 is 38.0 Å². The fourth-order valence-corrected chi connectivity index (χ4v) is 6.12. The zero-order chi connectivity index (χ0) is 34.6. The SMILES string of the molecule is C=CC(=O)OC(C)COCCOc1ccc(C2(c3ccc(OCCOCC(C)OC(=O)C=C)cc3)c3ccccc3-c3ccccc32)cc1. The number of hydrogen-bond donors (Lipinski definition) is 0. The molecule has 0 spiro atoms. The van der Waals surface area contributed by atoms with Gasteiger partial charge in [0.05, 0.1) is 31.8 Å². The van der Waals surface area contributed by atoms with Gasteiger partial charge in [0.25, 0.3) is 0 Å². The smallest absolute Gasteiger partial charge is 0.330 e. The van der Waals surface area contributed by atoms with Crippen LogP contribution in [0, 0.1) is 0 Å². The summed E-state index contributed by atoms with van der Waals surface area (Å²) in [6.07, 6.45) is 1.53. The first-order valence-electron chi connectivity index (χ1n) is 16.3. The van der Waals surface area contributed by atoms with Crippen LogP contribution in [-0.2, 0) is 34.0 Å². The molecule has 8 heteroatoms. The lowest BCUT2D eigenvalue weighted by atomic mass is 9.68. The standard InChI is InChI=1S/C41H42O8/c1-5-39(42)48-29(3)27-44-23-25-46-33-19-15-31(16-20-33)41(37-13-9-7-11-35(37)36-12-8-10-14-38(36)41)32-17-21-34(22-18-32)47-26-24-45-28-30(4)49-40(43)6-2/h5-22,29-30H,1-2,23-28H2,3-4H3. The first-order chi connectivity index (χ1) is 23.9. The molecular weight excluding hydrogens is 620 g/mol. The topological polar surface area (TPSA) is 89.5 Å². The molecule has 4 aromatic carbocycles. The van der Waals surface area contributed by atoms with Crippen LogP contribution in [0.2, 0.25) is 0 Å². The number of fused-ring (bicyclic) bond motifs is 3. The van der Waals surface area contributed by atoms with Gasteiger partial charge in [-0.2, -0.15) is 0 Å². The largest absolute Gasteiger partial charge is 0.491 e. The number of ether oxygens (including phenoxy) is 6. The fraction of sp³-hybridized carbons (Fsp3) is 0.268. The normalized spacial score (nSPS) is 13.7. The number of rotatable bonds is 18. The molecule has 0 aromatic heterocycles. The van der Waals surface area contributed by atoms with Crippen molar-refractivity contribution in [1.82, 2.24) is 0 Å². The second-order valence-electron chi connectivity index (χ2n) is 11.6. The Morgan fingerprint density at radius 3 is 1.37 bits per heavy atom. The van der Waals surface area contributed by atoms with Gasteiger partial charge in [0, 0.05) is 12.2 Å². The summed E-state index contributed by atoms with van der Waals surface area (Å²) in [5.41, 5.74) is 6.48. The van der Waals surface area contributed by atoms with E-state index in [-0.39, 0.29) is 25.4 Å². The Bertz CT molecular complexity index is 1600. The van der Waals surface area contributed by atoms with E-state index in [2.05, 4.69) is 86.0 Å². The van der Waals surface area contributed by atoms with Crippen LogP contribution >= 0.6 is 0 Å². The van der Waals surface area contributed by atoms with Crippen LogP contribution in [0.15, 0.2) is 122 Å². The zero-order valence-corrected chi connectivity index (χ0v) is 28.0. The molecule has 0 amide bonds. The van der Waals surface area contributed by atoms with E-state index in [0.717, 1.165) is 34.8 Å². The van der Waals surface area contributed by atoms with Crippen molar-refractivity contribution in [3.05, 3.63) is 145 Å². The van der Waals surface area contributed by atoms with Crippen molar-refractivity contribution in [3.8, 4) is 22.6 Å². The van der Waals surface area contributed by atoms with Gasteiger partial charge in [0.15, 0.2) is 0 Å². The average molecular weight is 663 g/mol. The second kappa shape index (κ2) is 16.8. The number of esters is 2. The molecule has 0 heterocycles. The molecule has 254 valence electrons. The molecule has 0 N–H and O–H groups in total. The summed E-state index contributed by atoms with van der Waals surface area (Å²) in [7, 11) is 0. The van der Waals surface area contributed by atoms with E-state index in [9.17, 15) is 9.59 Å². The molecule has 0 fully saturated rings. The van der Waals surface area contributed by atoms with Gasteiger partial charge in [-0.25, -0.2) is 9.59 Å². The molecule has 0 bridgehead atoms. The van der Waals surface area contributed by atoms with E-state index >= 15 is 0 Å². The van der Waals surface area contributed by atoms with Gasteiger partial charge in [-0.05, 0) is 71.5 Å². The van der Waals surface area contributed by atoms with Crippen LogP contribution < -0.4 is 9.47 Å². The maximum atomic E-state index is 11.3. The summed E-state index contributed by atoms with van der Waals surface area (Å²) in [6, 6.07) is 33.6. The van der Waals surface area contributed by atoms with Gasteiger partial charge in [-0.3, -0.25) is 0 Å². The lowest BCUT2D eigenvalue weighted by Crippen LogP contribution is -2.28. The molecule has 2 unspecified atom stereocenters. The summed E-state index contributed by atoms with van der Waals surface area (Å²) >= 11 is 0. The van der Waals surface area contributed by atoms with Gasteiger partial charge in [-0.15, -0.1) is 0 Å². The summed E-state index contributed by atoms with van der Waals surface area (Å²) in [4.78, 5) is 22.7. The van der Waals surface area contributed by atoms with Crippen molar-refractivity contribution in [2.24, 2.45) is 0 Å². The molecule has 49 heavy (non-hydrogen) atoms. The summed E-state index contributed by atoms with van der Waals surface area (Å²) in [5.74, 6) is 0.515. The van der Waals surface area contributed by atoms with Crippen LogP contribution in [0.25, 0.3) is 11.1 Å². The van der Waals surface area contributed by atoms with Gasteiger partial charge < -0.3 is 28.4 Å². The number of benzene rings is 4. The first-order valence-corrected chi connectivity index (χ1v) is 16.3. The van der Waals surface area contributed by atoms with Crippen molar-refractivity contribution in [1.29, 1.82) is 0 Å². The van der Waals surface area contributed by atoms with Crippen molar-refractivity contribution in [2.75, 3.05) is 39.6 Å². The van der Waals surface area contributed by atoms with Gasteiger partial charge >= 0.3 is 11.9 Å². The highest BCUT2D eigenvalue weighted by Gasteiger charge is 2.45. The monoisotopic (exact) mass is 662 g/mol. The van der Waals surface area contributed by atoms with E-state index < -0.39 is 17.4 Å². The second-order valence-corrected chi connectivity index (χ2v) is 11.6. The Balaban J connectivity index is 1.30. The highest BCUT2D eigenvalue weighted by molar-refractivity contribution is 5.86. The molecule has 0 aliphatic heterocycles. The summed E-state index contributed by atoms with van der Waals surface area (Å²) in [6.45, 7) is 12.3. The zero-order valence-electron chi connectivity index (χ0n) is 28.0. The van der Waals surface area contributed by atoms with Crippen molar-refractivity contribution in [3.63, 3.8) is 0 Å². The van der Waals surface area contributed by atoms with E-state index in [0.29, 0.717) is 26.4 Å². The Labute approximate surface area is 287 Å². The van der Waals surface area contributed by atoms with Crippen LogP contribution in [0.1, 0.15) is 36.1 Å². The van der Waals surface area contributed by atoms with E-state index in [1.807, 2.05) is 24.3 Å². The highest BCUT2D eigenvalue weighted by Crippen LogP contribution is 2.56. The maximum absolute atomic E-state index is 11.3. The van der Waals surface area contributed by atoms with Crippen LogP contribution in [0.3, 0.4) is 0 Å². The minimum atomic E-state index is -0.561. The third-order valence-corrected chi connectivity index (χ3v) is 8.19. The van der Waals surface area contributed by atoms with Crippen LogP contribution in [-0.4, -0.2) is 63.8 Å². The third kappa shape index (κ3) is 8.28. The molecule has 0 saturated heterocycles. The number of carbonyl (C=O) groups is 2. The Kier molecular flexibility index (Phi) is 12.0. The molecule has 1 aliphatic carbocycles. The average Bonchev–Trinajstić information content (AvgIpc) is 3.43. The Morgan fingerprint density at radius 1 is 0.592 bits per heavy atom. The Morgan fingerprint density at radius 2 is 0.980 bits per heavy atom. The molecule has 4 aromatic rings. The Hall–Kier alpha value is -5.18. The molecule has 0 radical (unpaired) electrons. The highest BCUT2D eigenvalue weighted by atomic mass is 16.6. The summed E-state index contributed by atoms with van der Waals surface area (Å²) in [5, 5.41) is 0. The summed E-state index contributed by atoms with van der Waals surface area (Å²) < 4.78 is 33.5. The van der Waals surface area contributed by atoms with Gasteiger partial charge in [0.2, 0.25) is 0 Å². The predicted octanol–water partition coefficient (Wildman–Crippen LogP) is 7.08. The van der Waals surface area contributed by atoms with Crippen molar-refractivity contribution in [2.45, 2.75) is 31.5 Å². The van der Waals surface area contributed by atoms with E-state index in [1.165, 1.54) is 22.3 Å². The fourth-order valence-electron chi connectivity index (χ4n) is 6.12. The van der Waals surface area contributed by atoms with E-state index in [1.54, 1.807) is 13.8 Å². The maximum Gasteiger partial charge on any atom is 0.330 e. The predicted molar refractivity (Wildman–Crippen MR) is 188 cm³/mol. The first kappa shape index (κ1) is 35.1. The minimum absolute atomic E-state index is 0.273. The van der Waals surface area contributed by atoms with Gasteiger partial charge in [-0.1, -0.05) is 86.0 Å². The van der Waals surface area contributed by atoms with Gasteiger partial charge in [0.1, 0.15) is 36.9 Å². The lowest BCUT2D eigenvalue weighted by molar-refractivity contribution is -0.145. The quantitative estimate of drug-likeness (QED) is 0.0559. The molecule has 0 saturated carbocycles. The lowest BCUT2D eigenvalue weighted by Gasteiger charge is -2.34.